The summed E-state index contributed by atoms with van der Waals surface area (Å²) < 4.78 is 7.87. The molecule has 4 nitrogen and oxygen atoms in total. The van der Waals surface area contributed by atoms with Gasteiger partial charge >= 0.3 is 0 Å². The highest BCUT2D eigenvalue weighted by atomic mass is 79.9. The molecule has 2 aromatic rings. The normalized spacial score (nSPS) is 10.6. The summed E-state index contributed by atoms with van der Waals surface area (Å²) in [6.45, 7) is 4.69. The molecule has 0 unspecified atom stereocenters. The lowest BCUT2D eigenvalue weighted by molar-refractivity contribution is 0.0990. The largest absolute Gasteiger partial charge is 0.497 e. The molecule has 0 radical (unpaired) electrons. The molecule has 0 aliphatic heterocycles. The van der Waals surface area contributed by atoms with E-state index in [1.54, 1.807) is 31.4 Å². The molecule has 5 heteroatoms. The van der Waals surface area contributed by atoms with Crippen molar-refractivity contribution in [3.8, 4) is 5.75 Å². The second-order valence-electron chi connectivity index (χ2n) is 4.49. The number of carbonyl (C=O) groups excluding carboxylic acids is 1. The molecular weight excluding hydrogens is 320 g/mol. The zero-order valence-corrected chi connectivity index (χ0v) is 13.4. The van der Waals surface area contributed by atoms with Gasteiger partial charge in [0.1, 0.15) is 5.75 Å². The van der Waals surface area contributed by atoms with Gasteiger partial charge in [0.25, 0.3) is 0 Å². The number of Topliss-reactive ketones (excluding diaryl/α,β-unsaturated/α-hetero) is 1. The Balaban J connectivity index is 2.22. The molecule has 0 saturated heterocycles. The summed E-state index contributed by atoms with van der Waals surface area (Å²) >= 11 is 3.51. The van der Waals surface area contributed by atoms with Crippen molar-refractivity contribution in [2.45, 2.75) is 26.8 Å². The molecule has 0 spiro atoms. The van der Waals surface area contributed by atoms with Crippen LogP contribution in [0.15, 0.2) is 28.7 Å². The van der Waals surface area contributed by atoms with Gasteiger partial charge in [0.15, 0.2) is 5.78 Å². The molecule has 0 aliphatic carbocycles. The van der Waals surface area contributed by atoms with Crippen LogP contribution in [-0.4, -0.2) is 22.7 Å². The molecule has 106 valence electrons. The molecule has 0 aliphatic rings. The van der Waals surface area contributed by atoms with E-state index in [1.165, 1.54) is 0 Å². The predicted molar refractivity (Wildman–Crippen MR) is 81.4 cm³/mol. The second-order valence-corrected chi connectivity index (χ2v) is 5.28. The number of hydrogen-bond acceptors (Lipinski definition) is 3. The van der Waals surface area contributed by atoms with Crippen molar-refractivity contribution in [2.75, 3.05) is 7.11 Å². The maximum atomic E-state index is 12.3. The summed E-state index contributed by atoms with van der Waals surface area (Å²) in [5, 5.41) is 4.40. The van der Waals surface area contributed by atoms with Gasteiger partial charge in [-0.2, -0.15) is 5.10 Å². The summed E-state index contributed by atoms with van der Waals surface area (Å²) in [4.78, 5) is 12.3. The predicted octanol–water partition coefficient (Wildman–Crippen LogP) is 3.41. The number of halogens is 1. The third-order valence-corrected chi connectivity index (χ3v) is 4.22. The van der Waals surface area contributed by atoms with Gasteiger partial charge in [0.05, 0.1) is 29.4 Å². The van der Waals surface area contributed by atoms with Crippen molar-refractivity contribution in [3.05, 3.63) is 45.7 Å². The van der Waals surface area contributed by atoms with E-state index in [-0.39, 0.29) is 5.78 Å². The molecule has 0 saturated carbocycles. The highest BCUT2D eigenvalue weighted by Crippen LogP contribution is 2.23. The first kappa shape index (κ1) is 14.8. The number of ether oxygens (including phenoxy) is 1. The van der Waals surface area contributed by atoms with Crippen LogP contribution < -0.4 is 4.74 Å². The number of aromatic nitrogens is 2. The Bertz CT molecular complexity index is 618. The maximum Gasteiger partial charge on any atom is 0.168 e. The molecule has 0 bridgehead atoms. The van der Waals surface area contributed by atoms with Crippen molar-refractivity contribution in [1.29, 1.82) is 0 Å². The van der Waals surface area contributed by atoms with Gasteiger partial charge in [0.2, 0.25) is 0 Å². The Morgan fingerprint density at radius 3 is 2.55 bits per heavy atom. The van der Waals surface area contributed by atoms with Crippen molar-refractivity contribution in [2.24, 2.45) is 0 Å². The zero-order valence-electron chi connectivity index (χ0n) is 11.8. The molecule has 1 heterocycles. The lowest BCUT2D eigenvalue weighted by atomic mass is 10.1. The first-order valence-corrected chi connectivity index (χ1v) is 7.25. The number of carbonyl (C=O) groups is 1. The Morgan fingerprint density at radius 1 is 1.35 bits per heavy atom. The Kier molecular flexibility index (Phi) is 4.60. The van der Waals surface area contributed by atoms with Crippen molar-refractivity contribution in [3.63, 3.8) is 0 Å². The van der Waals surface area contributed by atoms with Crippen molar-refractivity contribution in [1.82, 2.24) is 9.78 Å². The fourth-order valence-electron chi connectivity index (χ4n) is 2.07. The van der Waals surface area contributed by atoms with E-state index < -0.39 is 0 Å². The summed E-state index contributed by atoms with van der Waals surface area (Å²) in [6, 6.07) is 7.17. The van der Waals surface area contributed by atoms with E-state index in [2.05, 4.69) is 21.0 Å². The zero-order chi connectivity index (χ0) is 14.7. The fourth-order valence-corrected chi connectivity index (χ4v) is 2.49. The number of nitrogens with zero attached hydrogens (tertiary/aromatic N) is 2. The van der Waals surface area contributed by atoms with E-state index in [4.69, 9.17) is 4.74 Å². The number of benzene rings is 1. The molecule has 0 amide bonds. The van der Waals surface area contributed by atoms with Gasteiger partial charge in [-0.1, -0.05) is 0 Å². The van der Waals surface area contributed by atoms with Gasteiger partial charge < -0.3 is 4.74 Å². The third-order valence-electron chi connectivity index (χ3n) is 3.19. The molecular formula is C15H17BrN2O2. The van der Waals surface area contributed by atoms with Gasteiger partial charge in [-0.25, -0.2) is 0 Å². The number of hydrogen-bond donors (Lipinski definition) is 0. The molecule has 2 rings (SSSR count). The van der Waals surface area contributed by atoms with Crippen LogP contribution in [0.3, 0.4) is 0 Å². The molecule has 1 aromatic heterocycles. The van der Waals surface area contributed by atoms with Gasteiger partial charge in [-0.05, 0) is 54.0 Å². The molecule has 0 N–H and O–H groups in total. The lowest BCUT2D eigenvalue weighted by Crippen LogP contribution is -2.10. The SMILES string of the molecule is CCn1nc(C)c(Br)c1CC(=O)c1ccc(OC)cc1. The topological polar surface area (TPSA) is 44.1 Å². The molecule has 0 atom stereocenters. The van der Waals surface area contributed by atoms with Crippen LogP contribution >= 0.6 is 15.9 Å². The molecule has 0 fully saturated rings. The van der Waals surface area contributed by atoms with Crippen LogP contribution in [0, 0.1) is 6.92 Å². The average Bonchev–Trinajstić information content (AvgIpc) is 2.75. The Hall–Kier alpha value is -1.62. The highest BCUT2D eigenvalue weighted by Gasteiger charge is 2.16. The van der Waals surface area contributed by atoms with E-state index >= 15 is 0 Å². The van der Waals surface area contributed by atoms with E-state index in [1.807, 2.05) is 18.5 Å². The first-order chi connectivity index (χ1) is 9.56. The van der Waals surface area contributed by atoms with Crippen LogP contribution in [0.4, 0.5) is 0 Å². The number of aryl methyl sites for hydroxylation is 2. The number of rotatable bonds is 5. The van der Waals surface area contributed by atoms with E-state index in [9.17, 15) is 4.79 Å². The summed E-state index contributed by atoms with van der Waals surface area (Å²) in [6.07, 6.45) is 0.335. The molecule has 1 aromatic carbocycles. The first-order valence-electron chi connectivity index (χ1n) is 6.45. The van der Waals surface area contributed by atoms with Gasteiger partial charge in [-0.15, -0.1) is 0 Å². The minimum atomic E-state index is 0.0722. The lowest BCUT2D eigenvalue weighted by Gasteiger charge is -2.06. The Morgan fingerprint density at radius 2 is 2.00 bits per heavy atom. The van der Waals surface area contributed by atoms with Gasteiger partial charge in [0, 0.05) is 12.1 Å². The van der Waals surface area contributed by atoms with Gasteiger partial charge in [-0.3, -0.25) is 9.48 Å². The van der Waals surface area contributed by atoms with Crippen molar-refractivity contribution < 1.29 is 9.53 Å². The van der Waals surface area contributed by atoms with E-state index in [0.29, 0.717) is 12.0 Å². The number of ketones is 1. The quantitative estimate of drug-likeness (QED) is 0.786. The summed E-state index contributed by atoms with van der Waals surface area (Å²) in [5.74, 6) is 0.820. The standard InChI is InChI=1S/C15H17BrN2O2/c1-4-18-13(15(16)10(2)17-18)9-14(19)11-5-7-12(20-3)8-6-11/h5-8H,4,9H2,1-3H3. The van der Waals surface area contributed by atoms with E-state index in [0.717, 1.165) is 28.2 Å². The van der Waals surface area contributed by atoms with Crippen LogP contribution in [0.5, 0.6) is 5.75 Å². The van der Waals surface area contributed by atoms with Crippen LogP contribution in [0.25, 0.3) is 0 Å². The number of methoxy groups -OCH3 is 1. The second kappa shape index (κ2) is 6.22. The highest BCUT2D eigenvalue weighted by molar-refractivity contribution is 9.10. The fraction of sp³-hybridized carbons (Fsp3) is 0.333. The molecule has 20 heavy (non-hydrogen) atoms. The van der Waals surface area contributed by atoms with Crippen molar-refractivity contribution >= 4 is 21.7 Å². The van der Waals surface area contributed by atoms with Crippen LogP contribution in [-0.2, 0) is 13.0 Å². The van der Waals surface area contributed by atoms with Crippen LogP contribution in [0.2, 0.25) is 0 Å². The summed E-state index contributed by atoms with van der Waals surface area (Å²) in [5.41, 5.74) is 2.51. The smallest absolute Gasteiger partial charge is 0.168 e. The maximum absolute atomic E-state index is 12.3. The third kappa shape index (κ3) is 2.93. The average molecular weight is 337 g/mol. The Labute approximate surface area is 126 Å². The minimum Gasteiger partial charge on any atom is -0.497 e. The summed E-state index contributed by atoms with van der Waals surface area (Å²) in [7, 11) is 1.61. The van der Waals surface area contributed by atoms with Crippen LogP contribution in [0.1, 0.15) is 28.7 Å². The monoisotopic (exact) mass is 336 g/mol. The minimum absolute atomic E-state index is 0.0722.